The van der Waals surface area contributed by atoms with Crippen molar-refractivity contribution in [1.82, 2.24) is 16.0 Å². The normalized spacial score (nSPS) is 22.8. The van der Waals surface area contributed by atoms with Gasteiger partial charge in [0.1, 0.15) is 6.10 Å². The van der Waals surface area contributed by atoms with E-state index in [0.29, 0.717) is 19.3 Å². The number of cyclic esters (lactones) is 3. The average Bonchev–Trinajstić information content (AvgIpc) is 3.82. The Morgan fingerprint density at radius 1 is 0.615 bits per heavy atom. The van der Waals surface area contributed by atoms with Crippen LogP contribution in [0.25, 0.3) is 0 Å². The number of alkyl carbamates (subject to hydrolysis) is 3. The Kier molecular flexibility index (Phi) is 14.3. The number of aliphatic hydroxyl groups excluding tert-OH is 1. The van der Waals surface area contributed by atoms with Gasteiger partial charge in [-0.05, 0) is 61.9 Å². The van der Waals surface area contributed by atoms with Gasteiger partial charge in [-0.1, -0.05) is 71.8 Å². The molecule has 0 aromatic heterocycles. The maximum atomic E-state index is 11.5. The van der Waals surface area contributed by atoms with Crippen LogP contribution in [0.1, 0.15) is 27.8 Å². The Labute approximate surface area is 306 Å². The molecule has 3 aromatic carbocycles. The predicted octanol–water partition coefficient (Wildman–Crippen LogP) is 3.36. The lowest BCUT2D eigenvalue weighted by molar-refractivity contribution is -0.150. The van der Waals surface area contributed by atoms with Crippen LogP contribution in [0.2, 0.25) is 0 Å². The molecule has 0 aliphatic carbocycles. The smallest absolute Gasteiger partial charge is 0.408 e. The van der Waals surface area contributed by atoms with Crippen molar-refractivity contribution in [2.24, 2.45) is 0 Å². The Bertz CT molecular complexity index is 1600. The lowest BCUT2D eigenvalue weighted by Crippen LogP contribution is -2.38. The molecule has 3 fully saturated rings. The number of nitrogens with one attached hydrogen (secondary N) is 3. The summed E-state index contributed by atoms with van der Waals surface area (Å²) in [5.74, 6) is -1.09. The molecule has 3 aliphatic rings. The van der Waals surface area contributed by atoms with Crippen LogP contribution in [0, 0.1) is 13.8 Å². The third kappa shape index (κ3) is 11.4. The van der Waals surface area contributed by atoms with Crippen LogP contribution in [0.15, 0.2) is 77.7 Å². The minimum absolute atomic E-state index is 0.139. The highest BCUT2D eigenvalue weighted by atomic mass is 32.1. The van der Waals surface area contributed by atoms with E-state index >= 15 is 0 Å². The molecule has 3 aromatic rings. The maximum Gasteiger partial charge on any atom is 0.408 e. The number of benzene rings is 3. The van der Waals surface area contributed by atoms with Crippen molar-refractivity contribution in [2.75, 3.05) is 20.8 Å². The summed E-state index contributed by atoms with van der Waals surface area (Å²) in [6.45, 7) is 3.89. The van der Waals surface area contributed by atoms with Gasteiger partial charge in [-0.25, -0.2) is 24.0 Å². The van der Waals surface area contributed by atoms with Crippen LogP contribution < -0.4 is 16.0 Å². The minimum Gasteiger partial charge on any atom is -0.466 e. The van der Waals surface area contributed by atoms with E-state index in [4.69, 9.17) is 19.3 Å². The molecule has 278 valence electrons. The van der Waals surface area contributed by atoms with Gasteiger partial charge >= 0.3 is 30.2 Å². The number of carbonyl (C=O) groups excluding carboxylic acids is 5. The topological polar surface area (TPSA) is 188 Å². The molecule has 6 rings (SSSR count). The molecule has 0 bridgehead atoms. The summed E-state index contributed by atoms with van der Waals surface area (Å²) in [6.07, 6.45) is -2.11. The van der Waals surface area contributed by atoms with Crippen molar-refractivity contribution in [3.63, 3.8) is 0 Å². The molecule has 52 heavy (non-hydrogen) atoms. The fourth-order valence-corrected chi connectivity index (χ4v) is 5.73. The van der Waals surface area contributed by atoms with Crippen molar-refractivity contribution in [2.45, 2.75) is 74.4 Å². The minimum atomic E-state index is -0.891. The van der Waals surface area contributed by atoms with Crippen molar-refractivity contribution < 1.29 is 52.8 Å². The number of ether oxygens (including phenoxy) is 5. The van der Waals surface area contributed by atoms with Gasteiger partial charge in [0.15, 0.2) is 0 Å². The van der Waals surface area contributed by atoms with E-state index < -0.39 is 54.6 Å². The first-order chi connectivity index (χ1) is 24.9. The van der Waals surface area contributed by atoms with Crippen LogP contribution in [0.3, 0.4) is 0 Å². The molecule has 0 spiro atoms. The second-order valence-electron chi connectivity index (χ2n) is 12.3. The van der Waals surface area contributed by atoms with Crippen LogP contribution in [0.4, 0.5) is 14.4 Å². The van der Waals surface area contributed by atoms with Crippen molar-refractivity contribution in [3.05, 3.63) is 101 Å². The van der Waals surface area contributed by atoms with E-state index in [1.54, 1.807) is 0 Å². The Morgan fingerprint density at radius 2 is 0.962 bits per heavy atom. The highest BCUT2D eigenvalue weighted by molar-refractivity contribution is 7.80. The van der Waals surface area contributed by atoms with Gasteiger partial charge in [0.05, 0.1) is 39.0 Å². The van der Waals surface area contributed by atoms with E-state index in [-0.39, 0.29) is 18.7 Å². The van der Waals surface area contributed by atoms with Gasteiger partial charge in [0.25, 0.3) is 0 Å². The molecule has 15 heteroatoms. The van der Waals surface area contributed by atoms with Crippen molar-refractivity contribution in [1.29, 1.82) is 0 Å². The average molecular weight is 738 g/mol. The summed E-state index contributed by atoms with van der Waals surface area (Å²) in [5, 5.41) is 17.0. The lowest BCUT2D eigenvalue weighted by atomic mass is 10.0. The Hall–Kier alpha value is -5.28. The van der Waals surface area contributed by atoms with E-state index in [1.807, 2.05) is 86.6 Å². The van der Waals surface area contributed by atoms with Crippen LogP contribution in [-0.4, -0.2) is 92.6 Å². The molecule has 0 unspecified atom stereocenters. The van der Waals surface area contributed by atoms with Gasteiger partial charge < -0.3 is 44.7 Å². The molecular weight excluding hydrogens is 694 g/mol. The van der Waals surface area contributed by atoms with Crippen LogP contribution in [0.5, 0.6) is 0 Å². The first kappa shape index (κ1) is 39.5. The molecule has 3 heterocycles. The lowest BCUT2D eigenvalue weighted by Gasteiger charge is -2.14. The zero-order valence-corrected chi connectivity index (χ0v) is 30.1. The number of methoxy groups -OCH3 is 2. The first-order valence-corrected chi connectivity index (χ1v) is 16.9. The van der Waals surface area contributed by atoms with Crippen LogP contribution >= 0.6 is 12.6 Å². The van der Waals surface area contributed by atoms with Crippen LogP contribution in [-0.2, 0) is 52.5 Å². The molecule has 3 aliphatic heterocycles. The molecule has 0 radical (unpaired) electrons. The zero-order chi connectivity index (χ0) is 37.8. The first-order valence-electron chi connectivity index (χ1n) is 16.5. The zero-order valence-electron chi connectivity index (χ0n) is 29.2. The second-order valence-corrected chi connectivity index (χ2v) is 12.8. The SMILES string of the molecule is COC(=O)[C@H]1OC(=O)N[C@H]1Cc1ccc(C)cc1.COC(=O)[C@H]1OC(=O)N[C@H]1Cc1ccc(S)cc1.Cc1ccc(C[C@@H]2NC(=O)O[C@@H]2CO)cc1. The largest absolute Gasteiger partial charge is 0.466 e. The van der Waals surface area contributed by atoms with Gasteiger partial charge in [-0.2, -0.15) is 0 Å². The van der Waals surface area contributed by atoms with Gasteiger partial charge in [-0.3, -0.25) is 0 Å². The highest BCUT2D eigenvalue weighted by Crippen LogP contribution is 2.18. The highest BCUT2D eigenvalue weighted by Gasteiger charge is 2.41. The number of aryl methyl sites for hydroxylation is 2. The van der Waals surface area contributed by atoms with Gasteiger partial charge in [0.2, 0.25) is 12.2 Å². The van der Waals surface area contributed by atoms with E-state index in [9.17, 15) is 24.0 Å². The predicted molar refractivity (Wildman–Crippen MR) is 190 cm³/mol. The number of amides is 3. The third-order valence-electron chi connectivity index (χ3n) is 8.41. The summed E-state index contributed by atoms with van der Waals surface area (Å²) in [4.78, 5) is 57.2. The standard InChI is InChI=1S/C13H15NO4.C12H13NO4S.C12H15NO3/c1-8-3-5-9(6-4-8)7-10-11(12(15)17-2)18-13(16)14-10;1-16-11(14)10-9(13-12(15)17-10)6-7-2-4-8(18)5-3-7;1-8-2-4-9(5-3-8)6-10-11(7-14)16-12(15)13-10/h3-6,10-11H,7H2,1-2H3,(H,14,16);2-5,9-10,18H,6H2,1H3,(H,13,15);2-5,10-11,14H,6-7H2,1H3,(H,13,15)/t10-,11-;9-,10-;10-,11+/m000/s1. The van der Waals surface area contributed by atoms with Gasteiger partial charge in [0, 0.05) is 4.90 Å². The molecule has 14 nitrogen and oxygen atoms in total. The third-order valence-corrected chi connectivity index (χ3v) is 8.71. The maximum absolute atomic E-state index is 11.5. The number of esters is 2. The Balaban J connectivity index is 0.000000175. The van der Waals surface area contributed by atoms with E-state index in [1.165, 1.54) is 19.8 Å². The number of aliphatic hydroxyl groups is 1. The fourth-order valence-electron chi connectivity index (χ4n) is 5.58. The fraction of sp³-hybridized carbons (Fsp3) is 0.378. The molecule has 6 atom stereocenters. The summed E-state index contributed by atoms with van der Waals surface area (Å²) >= 11 is 4.19. The molecule has 4 N–H and O–H groups in total. The number of hydrogen-bond acceptors (Lipinski definition) is 12. The van der Waals surface area contributed by atoms with E-state index in [0.717, 1.165) is 27.1 Å². The monoisotopic (exact) mass is 737 g/mol. The summed E-state index contributed by atoms with van der Waals surface area (Å²) < 4.78 is 23.9. The molecule has 0 saturated carbocycles. The summed E-state index contributed by atoms with van der Waals surface area (Å²) in [6, 6.07) is 22.6. The summed E-state index contributed by atoms with van der Waals surface area (Å²) in [7, 11) is 2.54. The number of rotatable bonds is 9. The number of carbonyl (C=O) groups is 5. The quantitative estimate of drug-likeness (QED) is 0.123. The molecule has 3 saturated heterocycles. The van der Waals surface area contributed by atoms with E-state index in [2.05, 4.69) is 38.1 Å². The summed E-state index contributed by atoms with van der Waals surface area (Å²) in [5.41, 5.74) is 5.51. The van der Waals surface area contributed by atoms with Crippen molar-refractivity contribution in [3.8, 4) is 0 Å². The Morgan fingerprint density at radius 3 is 1.35 bits per heavy atom. The van der Waals surface area contributed by atoms with Crippen molar-refractivity contribution >= 4 is 42.8 Å². The number of thiol groups is 1. The molecular formula is C37H43N3O11S. The second kappa shape index (κ2) is 18.8. The number of hydrogen-bond donors (Lipinski definition) is 5. The van der Waals surface area contributed by atoms with Gasteiger partial charge in [-0.15, -0.1) is 12.6 Å². The molecule has 3 amide bonds.